The molecule has 156 valence electrons. The number of rotatable bonds is 7. The van der Waals surface area contributed by atoms with Crippen molar-refractivity contribution in [1.82, 2.24) is 4.98 Å². The van der Waals surface area contributed by atoms with E-state index in [1.807, 2.05) is 0 Å². The number of carboxylic acid groups (broad SMARTS) is 1. The number of hydrogen-bond donors (Lipinski definition) is 1. The predicted octanol–water partition coefficient (Wildman–Crippen LogP) is 4.99. The molecule has 1 N–H and O–H groups in total. The first kappa shape index (κ1) is 22.0. The molecule has 0 aliphatic carbocycles. The molecule has 1 amide bonds. The number of carbonyl (C=O) groups is 2. The van der Waals surface area contributed by atoms with Gasteiger partial charge in [0.25, 0.3) is 0 Å². The van der Waals surface area contributed by atoms with Crippen molar-refractivity contribution in [3.05, 3.63) is 33.6 Å². The number of carbonyl (C=O) groups excluding carboxylic acids is 1. The van der Waals surface area contributed by atoms with Gasteiger partial charge in [0.2, 0.25) is 5.91 Å². The van der Waals surface area contributed by atoms with Gasteiger partial charge >= 0.3 is 5.97 Å². The molecular weight excluding hydrogens is 435 g/mol. The highest BCUT2D eigenvalue weighted by atomic mass is 35.5. The van der Waals surface area contributed by atoms with E-state index in [4.69, 9.17) is 27.9 Å². The lowest BCUT2D eigenvalue weighted by Crippen LogP contribution is -2.36. The van der Waals surface area contributed by atoms with Crippen LogP contribution in [0.4, 0.5) is 5.13 Å². The lowest BCUT2D eigenvalue weighted by molar-refractivity contribution is -0.141. The van der Waals surface area contributed by atoms with Gasteiger partial charge in [-0.15, -0.1) is 11.3 Å². The average Bonchev–Trinajstić information content (AvgIpc) is 3.18. The highest BCUT2D eigenvalue weighted by molar-refractivity contribution is 7.14. The molecule has 1 fully saturated rings. The Balaban J connectivity index is 1.77. The summed E-state index contributed by atoms with van der Waals surface area (Å²) in [6, 6.07) is 5.12. The van der Waals surface area contributed by atoms with Crippen molar-refractivity contribution in [1.29, 1.82) is 0 Å². The van der Waals surface area contributed by atoms with Crippen LogP contribution in [0.2, 0.25) is 10.0 Å². The molecule has 3 rings (SSSR count). The van der Waals surface area contributed by atoms with E-state index < -0.39 is 11.9 Å². The maximum absolute atomic E-state index is 13.1. The van der Waals surface area contributed by atoms with E-state index in [0.29, 0.717) is 39.5 Å². The molecule has 0 bridgehead atoms. The minimum Gasteiger partial charge on any atom is -0.481 e. The minimum atomic E-state index is -0.987. The van der Waals surface area contributed by atoms with Crippen molar-refractivity contribution in [2.45, 2.75) is 25.7 Å². The quantitative estimate of drug-likeness (QED) is 0.634. The molecule has 1 aromatic heterocycles. The second-order valence-corrected chi connectivity index (χ2v) is 8.83. The van der Waals surface area contributed by atoms with Gasteiger partial charge in [0.15, 0.2) is 5.13 Å². The number of amides is 1. The van der Waals surface area contributed by atoms with E-state index in [-0.39, 0.29) is 18.2 Å². The molecule has 9 heteroatoms. The molecule has 2 atom stereocenters. The van der Waals surface area contributed by atoms with Crippen molar-refractivity contribution in [3.8, 4) is 11.3 Å². The molecular formula is C20H22Cl2N2O4S. The lowest BCUT2D eigenvalue weighted by atomic mass is 9.88. The molecule has 2 unspecified atom stereocenters. The molecule has 1 aliphatic heterocycles. The SMILES string of the molecule is CN(C(=O)C(CC(=O)O)CC1CCCOC1)c1nc(-c2cc(Cl)ccc2Cl)cs1. The van der Waals surface area contributed by atoms with Crippen LogP contribution < -0.4 is 4.90 Å². The Hall–Kier alpha value is -1.67. The van der Waals surface area contributed by atoms with Crippen molar-refractivity contribution in [3.63, 3.8) is 0 Å². The second kappa shape index (κ2) is 9.89. The summed E-state index contributed by atoms with van der Waals surface area (Å²) in [7, 11) is 1.62. The largest absolute Gasteiger partial charge is 0.481 e. The minimum absolute atomic E-state index is 0.197. The Bertz CT molecular complexity index is 883. The third kappa shape index (κ3) is 5.69. The Labute approximate surface area is 183 Å². The molecule has 2 aromatic rings. The number of halogens is 2. The van der Waals surface area contributed by atoms with Gasteiger partial charge < -0.3 is 9.84 Å². The Morgan fingerprint density at radius 1 is 1.41 bits per heavy atom. The van der Waals surface area contributed by atoms with Gasteiger partial charge in [-0.25, -0.2) is 4.98 Å². The maximum atomic E-state index is 13.1. The van der Waals surface area contributed by atoms with Crippen LogP contribution in [0, 0.1) is 11.8 Å². The molecule has 0 radical (unpaired) electrons. The maximum Gasteiger partial charge on any atom is 0.304 e. The van der Waals surface area contributed by atoms with Crippen molar-refractivity contribution in [2.75, 3.05) is 25.2 Å². The van der Waals surface area contributed by atoms with Crippen molar-refractivity contribution < 1.29 is 19.4 Å². The summed E-state index contributed by atoms with van der Waals surface area (Å²) in [5, 5.41) is 12.6. The van der Waals surface area contributed by atoms with Crippen LogP contribution in [0.15, 0.2) is 23.6 Å². The van der Waals surface area contributed by atoms with Gasteiger partial charge in [-0.2, -0.15) is 0 Å². The molecule has 6 nitrogen and oxygen atoms in total. The molecule has 29 heavy (non-hydrogen) atoms. The number of aromatic nitrogens is 1. The Morgan fingerprint density at radius 2 is 2.21 bits per heavy atom. The summed E-state index contributed by atoms with van der Waals surface area (Å²) in [6.07, 6.45) is 2.17. The third-order valence-electron chi connectivity index (χ3n) is 4.96. The first-order chi connectivity index (χ1) is 13.8. The standard InChI is InChI=1S/C20H22Cl2N2O4S/c1-24(19(27)13(8-18(25)26)7-12-3-2-6-28-10-12)20-23-17(11-29-20)15-9-14(21)4-5-16(15)22/h4-5,9,11-13H,2-3,6-8,10H2,1H3,(H,25,26). The predicted molar refractivity (Wildman–Crippen MR) is 115 cm³/mol. The van der Waals surface area contributed by atoms with Gasteiger partial charge in [-0.3, -0.25) is 14.5 Å². The lowest BCUT2D eigenvalue weighted by Gasteiger charge is -2.27. The fourth-order valence-electron chi connectivity index (χ4n) is 3.48. The average molecular weight is 457 g/mol. The smallest absolute Gasteiger partial charge is 0.304 e. The number of benzene rings is 1. The monoisotopic (exact) mass is 456 g/mol. The number of thiazole rings is 1. The van der Waals surface area contributed by atoms with Crippen molar-refractivity contribution in [2.24, 2.45) is 11.8 Å². The van der Waals surface area contributed by atoms with Crippen LogP contribution in [0.3, 0.4) is 0 Å². The number of nitrogens with zero attached hydrogens (tertiary/aromatic N) is 2. The van der Waals surface area contributed by atoms with Crippen molar-refractivity contribution >= 4 is 51.5 Å². The Morgan fingerprint density at radius 3 is 2.90 bits per heavy atom. The number of hydrogen-bond acceptors (Lipinski definition) is 5. The highest BCUT2D eigenvalue weighted by Gasteiger charge is 2.30. The van der Waals surface area contributed by atoms with E-state index in [0.717, 1.165) is 19.4 Å². The first-order valence-electron chi connectivity index (χ1n) is 9.33. The van der Waals surface area contributed by atoms with Gasteiger partial charge in [0, 0.05) is 42.1 Å². The highest BCUT2D eigenvalue weighted by Crippen LogP contribution is 2.34. The molecule has 0 saturated carbocycles. The summed E-state index contributed by atoms with van der Waals surface area (Å²) < 4.78 is 5.48. The zero-order valence-electron chi connectivity index (χ0n) is 15.9. The first-order valence-corrected chi connectivity index (χ1v) is 11.0. The summed E-state index contributed by atoms with van der Waals surface area (Å²) >= 11 is 13.6. The number of ether oxygens (including phenoxy) is 1. The number of carboxylic acids is 1. The van der Waals surface area contributed by atoms with Crippen LogP contribution in [-0.4, -0.2) is 42.2 Å². The molecule has 1 aromatic carbocycles. The molecule has 0 spiro atoms. The zero-order chi connectivity index (χ0) is 21.0. The van der Waals surface area contributed by atoms with Crippen LogP contribution in [0.25, 0.3) is 11.3 Å². The zero-order valence-corrected chi connectivity index (χ0v) is 18.3. The van der Waals surface area contributed by atoms with Gasteiger partial charge in [-0.1, -0.05) is 23.2 Å². The normalized spacial score (nSPS) is 17.7. The second-order valence-electron chi connectivity index (χ2n) is 7.15. The fourth-order valence-corrected chi connectivity index (χ4v) is 4.66. The summed E-state index contributed by atoms with van der Waals surface area (Å²) in [4.78, 5) is 30.3. The van der Waals surface area contributed by atoms with E-state index in [1.165, 1.54) is 16.2 Å². The van der Waals surface area contributed by atoms with Gasteiger partial charge in [0.05, 0.1) is 17.1 Å². The topological polar surface area (TPSA) is 79.7 Å². The van der Waals surface area contributed by atoms with E-state index >= 15 is 0 Å². The summed E-state index contributed by atoms with van der Waals surface area (Å²) in [5.74, 6) is -1.66. The fraction of sp³-hybridized carbons (Fsp3) is 0.450. The number of anilines is 1. The van der Waals surface area contributed by atoms with Gasteiger partial charge in [0.1, 0.15) is 0 Å². The van der Waals surface area contributed by atoms with E-state index in [9.17, 15) is 14.7 Å². The van der Waals surface area contributed by atoms with E-state index in [1.54, 1.807) is 30.6 Å². The van der Waals surface area contributed by atoms with Crippen LogP contribution in [0.1, 0.15) is 25.7 Å². The molecule has 2 heterocycles. The Kier molecular flexibility index (Phi) is 7.51. The van der Waals surface area contributed by atoms with Gasteiger partial charge in [-0.05, 0) is 43.4 Å². The molecule has 1 saturated heterocycles. The number of aliphatic carboxylic acids is 1. The van der Waals surface area contributed by atoms with Crippen LogP contribution in [0.5, 0.6) is 0 Å². The van der Waals surface area contributed by atoms with Crippen LogP contribution >= 0.6 is 34.5 Å². The molecule has 1 aliphatic rings. The van der Waals surface area contributed by atoms with Crippen LogP contribution in [-0.2, 0) is 14.3 Å². The summed E-state index contributed by atoms with van der Waals surface area (Å²) in [5.41, 5.74) is 1.30. The third-order valence-corrected chi connectivity index (χ3v) is 6.44. The summed E-state index contributed by atoms with van der Waals surface area (Å²) in [6.45, 7) is 1.30. The van der Waals surface area contributed by atoms with E-state index in [2.05, 4.69) is 4.98 Å².